The molecule has 1 aliphatic rings. The molecule has 0 spiro atoms. The summed E-state index contributed by atoms with van der Waals surface area (Å²) >= 11 is 1.80. The molecule has 5 heteroatoms. The first kappa shape index (κ1) is 16.8. The highest BCUT2D eigenvalue weighted by molar-refractivity contribution is 7.99. The maximum atomic E-state index is 12.2. The summed E-state index contributed by atoms with van der Waals surface area (Å²) in [7, 11) is 0. The zero-order valence-electron chi connectivity index (χ0n) is 12.3. The number of ether oxygens (including phenoxy) is 1. The van der Waals surface area contributed by atoms with Crippen LogP contribution in [0.25, 0.3) is 0 Å². The zero-order valence-corrected chi connectivity index (χ0v) is 13.1. The number of aliphatic hydroxyl groups is 1. The minimum atomic E-state index is -0.581. The minimum absolute atomic E-state index is 0.142. The van der Waals surface area contributed by atoms with Crippen molar-refractivity contribution in [2.75, 3.05) is 19.0 Å². The summed E-state index contributed by atoms with van der Waals surface area (Å²) < 4.78 is 5.21. The predicted molar refractivity (Wildman–Crippen MR) is 79.4 cm³/mol. The van der Waals surface area contributed by atoms with E-state index in [2.05, 4.69) is 12.2 Å². The van der Waals surface area contributed by atoms with Crippen LogP contribution in [0.5, 0.6) is 0 Å². The first-order chi connectivity index (χ1) is 9.01. The fourth-order valence-electron chi connectivity index (χ4n) is 2.15. The van der Waals surface area contributed by atoms with Crippen LogP contribution >= 0.6 is 11.8 Å². The van der Waals surface area contributed by atoms with Crippen molar-refractivity contribution in [2.45, 2.75) is 63.3 Å². The van der Waals surface area contributed by atoms with Crippen LogP contribution in [0.4, 0.5) is 0 Å². The van der Waals surface area contributed by atoms with E-state index in [4.69, 9.17) is 9.84 Å². The van der Waals surface area contributed by atoms with Gasteiger partial charge in [0.1, 0.15) is 5.54 Å². The summed E-state index contributed by atoms with van der Waals surface area (Å²) in [5.41, 5.74) is -0.581. The minimum Gasteiger partial charge on any atom is -0.465 e. The molecule has 1 fully saturated rings. The number of esters is 1. The number of hydrogen-bond acceptors (Lipinski definition) is 5. The third-order valence-electron chi connectivity index (χ3n) is 3.23. The van der Waals surface area contributed by atoms with Crippen LogP contribution in [0, 0.1) is 0 Å². The molecule has 1 aliphatic carbocycles. The van der Waals surface area contributed by atoms with Gasteiger partial charge >= 0.3 is 5.97 Å². The van der Waals surface area contributed by atoms with Crippen LogP contribution in [0.1, 0.15) is 46.5 Å². The molecule has 0 aliphatic heterocycles. The molecule has 2 atom stereocenters. The average molecular weight is 289 g/mol. The third kappa shape index (κ3) is 6.15. The first-order valence-corrected chi connectivity index (χ1v) is 8.24. The molecule has 19 heavy (non-hydrogen) atoms. The topological polar surface area (TPSA) is 58.6 Å². The van der Waals surface area contributed by atoms with Gasteiger partial charge in [0.15, 0.2) is 0 Å². The Bertz CT molecular complexity index is 284. The molecule has 112 valence electrons. The number of rotatable bonds is 10. The second kappa shape index (κ2) is 8.12. The number of hydrogen-bond donors (Lipinski definition) is 2. The van der Waals surface area contributed by atoms with Gasteiger partial charge < -0.3 is 9.84 Å². The molecular formula is C14H27NO3S. The highest BCUT2D eigenvalue weighted by Crippen LogP contribution is 2.28. The van der Waals surface area contributed by atoms with Crippen molar-refractivity contribution < 1.29 is 14.6 Å². The smallest absolute Gasteiger partial charge is 0.326 e. The highest BCUT2D eigenvalue weighted by atomic mass is 32.2. The SMILES string of the molecule is CCOC(=O)C(C)(CC(C)SCCCO)NC1CC1. The monoisotopic (exact) mass is 289 g/mol. The molecule has 0 heterocycles. The molecule has 0 aromatic rings. The summed E-state index contributed by atoms with van der Waals surface area (Å²) in [6.07, 6.45) is 3.88. The zero-order chi connectivity index (χ0) is 14.3. The molecule has 1 rings (SSSR count). The maximum absolute atomic E-state index is 12.2. The van der Waals surface area contributed by atoms with E-state index in [-0.39, 0.29) is 12.6 Å². The van der Waals surface area contributed by atoms with Crippen LogP contribution in [-0.2, 0) is 9.53 Å². The van der Waals surface area contributed by atoms with Gasteiger partial charge in [0.2, 0.25) is 0 Å². The lowest BCUT2D eigenvalue weighted by Crippen LogP contribution is -2.52. The Morgan fingerprint density at radius 1 is 1.58 bits per heavy atom. The summed E-state index contributed by atoms with van der Waals surface area (Å²) in [6.45, 7) is 6.58. The molecule has 0 amide bonds. The normalized spacial score (nSPS) is 19.8. The predicted octanol–water partition coefficient (Wildman–Crippen LogP) is 1.95. The van der Waals surface area contributed by atoms with Crippen molar-refractivity contribution in [3.63, 3.8) is 0 Å². The van der Waals surface area contributed by atoms with Gasteiger partial charge in [-0.15, -0.1) is 0 Å². The average Bonchev–Trinajstić information content (AvgIpc) is 3.13. The van der Waals surface area contributed by atoms with E-state index in [1.54, 1.807) is 11.8 Å². The molecule has 2 N–H and O–H groups in total. The van der Waals surface area contributed by atoms with Gasteiger partial charge in [-0.25, -0.2) is 0 Å². The van der Waals surface area contributed by atoms with Crippen LogP contribution in [0.2, 0.25) is 0 Å². The van der Waals surface area contributed by atoms with Crippen molar-refractivity contribution in [3.05, 3.63) is 0 Å². The lowest BCUT2D eigenvalue weighted by molar-refractivity contribution is -0.150. The highest BCUT2D eigenvalue weighted by Gasteiger charge is 2.40. The molecule has 0 bridgehead atoms. The summed E-state index contributed by atoms with van der Waals surface area (Å²) in [5.74, 6) is 0.788. The molecular weight excluding hydrogens is 262 g/mol. The van der Waals surface area contributed by atoms with Crippen molar-refractivity contribution in [1.82, 2.24) is 5.32 Å². The van der Waals surface area contributed by atoms with E-state index >= 15 is 0 Å². The molecule has 0 aromatic heterocycles. The molecule has 2 unspecified atom stereocenters. The van der Waals surface area contributed by atoms with Crippen molar-refractivity contribution in [2.24, 2.45) is 0 Å². The maximum Gasteiger partial charge on any atom is 0.326 e. The van der Waals surface area contributed by atoms with Gasteiger partial charge in [-0.1, -0.05) is 6.92 Å². The quantitative estimate of drug-likeness (QED) is 0.475. The molecule has 0 radical (unpaired) electrons. The van der Waals surface area contributed by atoms with Gasteiger partial charge in [-0.2, -0.15) is 11.8 Å². The van der Waals surface area contributed by atoms with E-state index in [0.29, 0.717) is 17.9 Å². The van der Waals surface area contributed by atoms with Crippen LogP contribution in [0.3, 0.4) is 0 Å². The van der Waals surface area contributed by atoms with E-state index in [1.165, 1.54) is 0 Å². The Labute approximate surface area is 120 Å². The van der Waals surface area contributed by atoms with E-state index < -0.39 is 5.54 Å². The molecule has 0 aromatic carbocycles. The second-order valence-electron chi connectivity index (χ2n) is 5.43. The second-order valence-corrected chi connectivity index (χ2v) is 6.98. The number of carbonyl (C=O) groups is 1. The molecule has 4 nitrogen and oxygen atoms in total. The van der Waals surface area contributed by atoms with Gasteiger partial charge in [-0.3, -0.25) is 10.1 Å². The number of aliphatic hydroxyl groups excluding tert-OH is 1. The Morgan fingerprint density at radius 2 is 2.26 bits per heavy atom. The van der Waals surface area contributed by atoms with Crippen LogP contribution in [-0.4, -0.2) is 46.9 Å². The largest absolute Gasteiger partial charge is 0.465 e. The number of thioether (sulfide) groups is 1. The lowest BCUT2D eigenvalue weighted by Gasteiger charge is -2.31. The van der Waals surface area contributed by atoms with Crippen molar-refractivity contribution in [1.29, 1.82) is 0 Å². The van der Waals surface area contributed by atoms with E-state index in [9.17, 15) is 4.79 Å². The standard InChI is InChI=1S/C14H27NO3S/c1-4-18-13(17)14(3,15-12-6-7-12)10-11(2)19-9-5-8-16/h11-12,15-16H,4-10H2,1-3H3. The summed E-state index contributed by atoms with van der Waals surface area (Å²) in [5, 5.41) is 12.6. The lowest BCUT2D eigenvalue weighted by atomic mass is 9.95. The fraction of sp³-hybridized carbons (Fsp3) is 0.929. The van der Waals surface area contributed by atoms with Gasteiger partial charge in [0.25, 0.3) is 0 Å². The van der Waals surface area contributed by atoms with Gasteiger partial charge in [0.05, 0.1) is 6.61 Å². The van der Waals surface area contributed by atoms with E-state index in [0.717, 1.165) is 31.4 Å². The number of carbonyl (C=O) groups excluding carboxylic acids is 1. The Balaban J connectivity index is 2.49. The van der Waals surface area contributed by atoms with Gasteiger partial charge in [0, 0.05) is 17.9 Å². The van der Waals surface area contributed by atoms with E-state index in [1.807, 2.05) is 13.8 Å². The van der Waals surface area contributed by atoms with Crippen molar-refractivity contribution >= 4 is 17.7 Å². The molecule has 0 saturated heterocycles. The fourth-order valence-corrected chi connectivity index (χ4v) is 3.30. The van der Waals surface area contributed by atoms with Gasteiger partial charge in [-0.05, 0) is 45.3 Å². The van der Waals surface area contributed by atoms with Crippen LogP contribution < -0.4 is 5.32 Å². The first-order valence-electron chi connectivity index (χ1n) is 7.19. The van der Waals surface area contributed by atoms with Crippen molar-refractivity contribution in [3.8, 4) is 0 Å². The Kier molecular flexibility index (Phi) is 7.18. The third-order valence-corrected chi connectivity index (χ3v) is 4.49. The Hall–Kier alpha value is -0.260. The molecule has 1 saturated carbocycles. The summed E-state index contributed by atoms with van der Waals surface area (Å²) in [6, 6.07) is 0.476. The number of nitrogens with one attached hydrogen (secondary N) is 1. The van der Waals surface area contributed by atoms with Crippen LogP contribution in [0.15, 0.2) is 0 Å². The Morgan fingerprint density at radius 3 is 2.79 bits per heavy atom. The summed E-state index contributed by atoms with van der Waals surface area (Å²) in [4.78, 5) is 12.2.